The molecule has 0 saturated heterocycles. The summed E-state index contributed by atoms with van der Waals surface area (Å²) in [6.45, 7) is 4.91. The van der Waals surface area contributed by atoms with Crippen molar-refractivity contribution in [2.24, 2.45) is 0 Å². The van der Waals surface area contributed by atoms with Crippen molar-refractivity contribution in [1.29, 1.82) is 0 Å². The lowest BCUT2D eigenvalue weighted by atomic mass is 10.0. The SMILES string of the molecule is CCCCCC/C=C\CCCCCCCC(=O)OCCCCCCCCCCCCCCC(=O)NC(CO)C(O)CCCCCCCCCCCCCCCCCCC. The lowest BCUT2D eigenvalue weighted by molar-refractivity contribution is -0.143. The molecular formula is C53H103NO5. The second-order valence-electron chi connectivity index (χ2n) is 18.2. The number of rotatable bonds is 49. The molecule has 0 heterocycles. The van der Waals surface area contributed by atoms with Gasteiger partial charge in [0.25, 0.3) is 0 Å². The van der Waals surface area contributed by atoms with Crippen LogP contribution in [0.5, 0.6) is 0 Å². The van der Waals surface area contributed by atoms with Crippen molar-refractivity contribution in [3.05, 3.63) is 12.2 Å². The highest BCUT2D eigenvalue weighted by Gasteiger charge is 2.20. The van der Waals surface area contributed by atoms with Crippen molar-refractivity contribution in [3.63, 3.8) is 0 Å². The van der Waals surface area contributed by atoms with Crippen molar-refractivity contribution in [2.45, 2.75) is 302 Å². The van der Waals surface area contributed by atoms with Crippen molar-refractivity contribution in [2.75, 3.05) is 13.2 Å². The normalized spacial score (nSPS) is 12.7. The van der Waals surface area contributed by atoms with E-state index in [4.69, 9.17) is 4.74 Å². The Morgan fingerprint density at radius 3 is 1.22 bits per heavy atom. The molecule has 0 spiro atoms. The van der Waals surface area contributed by atoms with Gasteiger partial charge in [-0.05, 0) is 51.4 Å². The van der Waals surface area contributed by atoms with Gasteiger partial charge in [0.2, 0.25) is 5.91 Å². The first kappa shape index (κ1) is 57.6. The van der Waals surface area contributed by atoms with E-state index >= 15 is 0 Å². The van der Waals surface area contributed by atoms with Gasteiger partial charge in [0.05, 0.1) is 25.4 Å². The van der Waals surface area contributed by atoms with Crippen LogP contribution in [0.4, 0.5) is 0 Å². The molecule has 0 aromatic heterocycles. The zero-order chi connectivity index (χ0) is 43.0. The van der Waals surface area contributed by atoms with Gasteiger partial charge in [-0.25, -0.2) is 0 Å². The van der Waals surface area contributed by atoms with Crippen LogP contribution in [-0.4, -0.2) is 47.4 Å². The third kappa shape index (κ3) is 45.9. The Kier molecular flexibility index (Phi) is 48.1. The number of ether oxygens (including phenoxy) is 1. The number of hydrogen-bond donors (Lipinski definition) is 3. The number of aliphatic hydroxyl groups is 2. The van der Waals surface area contributed by atoms with Gasteiger partial charge in [0.15, 0.2) is 0 Å². The van der Waals surface area contributed by atoms with Crippen LogP contribution in [0, 0.1) is 0 Å². The van der Waals surface area contributed by atoms with Crippen LogP contribution in [0.1, 0.15) is 290 Å². The molecule has 0 aliphatic carbocycles. The third-order valence-corrected chi connectivity index (χ3v) is 12.3. The van der Waals surface area contributed by atoms with Gasteiger partial charge in [0, 0.05) is 12.8 Å². The summed E-state index contributed by atoms with van der Waals surface area (Å²) in [5.74, 6) is -0.0670. The molecule has 0 aliphatic heterocycles. The summed E-state index contributed by atoms with van der Waals surface area (Å²) in [4.78, 5) is 24.5. The van der Waals surface area contributed by atoms with E-state index in [0.717, 1.165) is 57.8 Å². The van der Waals surface area contributed by atoms with Gasteiger partial charge in [-0.15, -0.1) is 0 Å². The van der Waals surface area contributed by atoms with E-state index in [1.54, 1.807) is 0 Å². The summed E-state index contributed by atoms with van der Waals surface area (Å²) in [5.41, 5.74) is 0. The first-order valence-corrected chi connectivity index (χ1v) is 26.4. The fourth-order valence-electron chi connectivity index (χ4n) is 8.22. The maximum absolute atomic E-state index is 12.5. The van der Waals surface area contributed by atoms with Crippen LogP contribution >= 0.6 is 0 Å². The predicted octanol–water partition coefficient (Wildman–Crippen LogP) is 15.7. The molecule has 2 atom stereocenters. The van der Waals surface area contributed by atoms with Gasteiger partial charge in [-0.3, -0.25) is 9.59 Å². The van der Waals surface area contributed by atoms with Gasteiger partial charge < -0.3 is 20.3 Å². The Labute approximate surface area is 368 Å². The molecule has 0 bridgehead atoms. The van der Waals surface area contributed by atoms with E-state index in [-0.39, 0.29) is 18.5 Å². The average molecular weight is 834 g/mol. The number of esters is 1. The highest BCUT2D eigenvalue weighted by Crippen LogP contribution is 2.17. The average Bonchev–Trinajstić information content (AvgIpc) is 3.24. The third-order valence-electron chi connectivity index (χ3n) is 12.3. The summed E-state index contributed by atoms with van der Waals surface area (Å²) in [6, 6.07) is -0.552. The molecule has 0 aliphatic rings. The van der Waals surface area contributed by atoms with E-state index in [0.29, 0.717) is 25.9 Å². The minimum atomic E-state index is -0.674. The topological polar surface area (TPSA) is 95.9 Å². The minimum absolute atomic E-state index is 0.0179. The molecule has 0 fully saturated rings. The second kappa shape index (κ2) is 49.3. The minimum Gasteiger partial charge on any atom is -0.466 e. The number of allylic oxidation sites excluding steroid dienone is 2. The zero-order valence-corrected chi connectivity index (χ0v) is 39.7. The summed E-state index contributed by atoms with van der Waals surface area (Å²) < 4.78 is 5.45. The van der Waals surface area contributed by atoms with Gasteiger partial charge in [-0.1, -0.05) is 238 Å². The molecule has 6 nitrogen and oxygen atoms in total. The molecule has 0 aromatic rings. The first-order chi connectivity index (χ1) is 29.0. The van der Waals surface area contributed by atoms with Crippen molar-refractivity contribution < 1.29 is 24.5 Å². The van der Waals surface area contributed by atoms with Crippen LogP contribution in [0.2, 0.25) is 0 Å². The Morgan fingerprint density at radius 2 is 0.797 bits per heavy atom. The van der Waals surface area contributed by atoms with Crippen molar-refractivity contribution in [1.82, 2.24) is 5.32 Å². The molecular weight excluding hydrogens is 731 g/mol. The van der Waals surface area contributed by atoms with Crippen LogP contribution in [0.3, 0.4) is 0 Å². The van der Waals surface area contributed by atoms with Gasteiger partial charge in [-0.2, -0.15) is 0 Å². The molecule has 2 unspecified atom stereocenters. The van der Waals surface area contributed by atoms with Gasteiger partial charge in [0.1, 0.15) is 0 Å². The fraction of sp³-hybridized carbons (Fsp3) is 0.925. The monoisotopic (exact) mass is 834 g/mol. The lowest BCUT2D eigenvalue weighted by Gasteiger charge is -2.22. The number of carbonyl (C=O) groups is 2. The first-order valence-electron chi connectivity index (χ1n) is 26.4. The van der Waals surface area contributed by atoms with E-state index in [1.165, 1.54) is 199 Å². The van der Waals surface area contributed by atoms with E-state index in [9.17, 15) is 19.8 Å². The Balaban J connectivity index is 3.46. The maximum atomic E-state index is 12.5. The summed E-state index contributed by atoms with van der Waals surface area (Å²) in [5, 5.41) is 23.3. The zero-order valence-electron chi connectivity index (χ0n) is 39.7. The smallest absolute Gasteiger partial charge is 0.305 e. The quantitative estimate of drug-likeness (QED) is 0.0322. The standard InChI is InChI=1S/C53H103NO5/c1-3-5-7-9-11-13-15-17-18-19-20-22-25-29-33-37-41-45-51(56)50(49-55)54-52(57)46-42-38-34-30-26-23-24-28-32-36-40-44-48-59-53(58)47-43-39-35-31-27-21-16-14-12-10-8-6-4-2/h14,16,50-51,55-56H,3-13,15,17-49H2,1-2H3,(H,54,57)/b16-14-. The molecule has 350 valence electrons. The Bertz CT molecular complexity index is 878. The number of unbranched alkanes of at least 4 members (excludes halogenated alkanes) is 36. The number of nitrogens with one attached hydrogen (secondary N) is 1. The van der Waals surface area contributed by atoms with E-state index in [2.05, 4.69) is 31.3 Å². The van der Waals surface area contributed by atoms with Crippen molar-refractivity contribution in [3.8, 4) is 0 Å². The molecule has 1 amide bonds. The number of carbonyl (C=O) groups excluding carboxylic acids is 2. The van der Waals surface area contributed by atoms with Crippen LogP contribution in [0.15, 0.2) is 12.2 Å². The molecule has 59 heavy (non-hydrogen) atoms. The molecule has 3 N–H and O–H groups in total. The molecule has 0 rings (SSSR count). The summed E-state index contributed by atoms with van der Waals surface area (Å²) in [7, 11) is 0. The van der Waals surface area contributed by atoms with Crippen LogP contribution < -0.4 is 5.32 Å². The lowest BCUT2D eigenvalue weighted by Crippen LogP contribution is -2.45. The number of amides is 1. The van der Waals surface area contributed by atoms with E-state index in [1.807, 2.05) is 0 Å². The number of hydrogen-bond acceptors (Lipinski definition) is 5. The largest absolute Gasteiger partial charge is 0.466 e. The maximum Gasteiger partial charge on any atom is 0.305 e. The highest BCUT2D eigenvalue weighted by molar-refractivity contribution is 5.76. The molecule has 0 radical (unpaired) electrons. The Morgan fingerprint density at radius 1 is 0.458 bits per heavy atom. The van der Waals surface area contributed by atoms with Crippen LogP contribution in [-0.2, 0) is 14.3 Å². The summed E-state index contributed by atoms with van der Waals surface area (Å²) >= 11 is 0. The second-order valence-corrected chi connectivity index (χ2v) is 18.2. The molecule has 6 heteroatoms. The molecule has 0 aromatic carbocycles. The highest BCUT2D eigenvalue weighted by atomic mass is 16.5. The Hall–Kier alpha value is -1.40. The van der Waals surface area contributed by atoms with Crippen molar-refractivity contribution >= 4 is 11.9 Å². The van der Waals surface area contributed by atoms with E-state index < -0.39 is 12.1 Å². The van der Waals surface area contributed by atoms with Crippen LogP contribution in [0.25, 0.3) is 0 Å². The summed E-state index contributed by atoms with van der Waals surface area (Å²) in [6.07, 6.45) is 56.0. The fourth-order valence-corrected chi connectivity index (χ4v) is 8.22. The van der Waals surface area contributed by atoms with Gasteiger partial charge >= 0.3 is 5.97 Å². The molecule has 0 saturated carbocycles. The number of aliphatic hydroxyl groups excluding tert-OH is 2. The predicted molar refractivity (Wildman–Crippen MR) is 255 cm³/mol.